The van der Waals surface area contributed by atoms with E-state index in [1.807, 2.05) is 35.8 Å². The molecule has 0 fully saturated rings. The van der Waals surface area contributed by atoms with Gasteiger partial charge in [0.05, 0.1) is 6.61 Å². The second-order valence-corrected chi connectivity index (χ2v) is 6.99. The number of benzene rings is 2. The molecule has 1 aromatic heterocycles. The maximum absolute atomic E-state index is 13.5. The number of aromatic nitrogens is 3. The van der Waals surface area contributed by atoms with Crippen LogP contribution in [0.4, 0.5) is 4.39 Å². The summed E-state index contributed by atoms with van der Waals surface area (Å²) in [4.78, 5) is 12.1. The molecule has 0 saturated carbocycles. The molecule has 2 N–H and O–H groups in total. The fourth-order valence-electron chi connectivity index (χ4n) is 2.88. The quantitative estimate of drug-likeness (QED) is 0.410. The van der Waals surface area contributed by atoms with E-state index >= 15 is 0 Å². The van der Waals surface area contributed by atoms with E-state index in [-0.39, 0.29) is 18.1 Å². The minimum Gasteiger partial charge on any atom is -0.490 e. The van der Waals surface area contributed by atoms with Crippen LogP contribution in [0.3, 0.4) is 0 Å². The van der Waals surface area contributed by atoms with Gasteiger partial charge in [0.1, 0.15) is 0 Å². The number of hydrogen-bond donors (Lipinski definition) is 2. The van der Waals surface area contributed by atoms with E-state index in [1.54, 1.807) is 18.2 Å². The summed E-state index contributed by atoms with van der Waals surface area (Å²) in [6.45, 7) is 3.22. The molecule has 0 atom stereocenters. The SMILES string of the molecule is Cc1cccc(-c2n[nH]c(=S)n2CCC(=O)NCCCOc2ccccc2F)c1. The lowest BCUT2D eigenvalue weighted by molar-refractivity contribution is -0.121. The molecule has 152 valence electrons. The number of hydrogen-bond acceptors (Lipinski definition) is 4. The number of amides is 1. The Morgan fingerprint density at radius 3 is 2.90 bits per heavy atom. The van der Waals surface area contributed by atoms with Crippen molar-refractivity contribution in [3.8, 4) is 17.1 Å². The topological polar surface area (TPSA) is 71.9 Å². The van der Waals surface area contributed by atoms with Gasteiger partial charge in [0.2, 0.25) is 5.91 Å². The van der Waals surface area contributed by atoms with Crippen molar-refractivity contribution in [2.45, 2.75) is 26.3 Å². The van der Waals surface area contributed by atoms with Crippen molar-refractivity contribution < 1.29 is 13.9 Å². The van der Waals surface area contributed by atoms with E-state index in [4.69, 9.17) is 17.0 Å². The number of carbonyl (C=O) groups is 1. The van der Waals surface area contributed by atoms with Gasteiger partial charge in [-0.05, 0) is 43.8 Å². The van der Waals surface area contributed by atoms with Gasteiger partial charge in [0.15, 0.2) is 22.2 Å². The van der Waals surface area contributed by atoms with E-state index in [0.717, 1.165) is 11.1 Å². The Bertz CT molecular complexity index is 1030. The molecule has 8 heteroatoms. The van der Waals surface area contributed by atoms with Crippen molar-refractivity contribution in [2.75, 3.05) is 13.2 Å². The molecule has 3 aromatic rings. The summed E-state index contributed by atoms with van der Waals surface area (Å²) in [5.41, 5.74) is 2.07. The molecule has 0 spiro atoms. The normalized spacial score (nSPS) is 10.7. The molecule has 0 aliphatic carbocycles. The minimum atomic E-state index is -0.391. The highest BCUT2D eigenvalue weighted by atomic mass is 32.1. The standard InChI is InChI=1S/C21H23FN4O2S/c1-15-6-4-7-16(14-15)20-24-25-21(29)26(20)12-10-19(27)23-11-5-13-28-18-9-3-2-8-17(18)22/h2-4,6-9,14H,5,10-13H2,1H3,(H,23,27)(H,25,29). The number of ether oxygens (including phenoxy) is 1. The number of aryl methyl sites for hydroxylation is 1. The molecular formula is C21H23FN4O2S. The number of H-pyrrole nitrogens is 1. The molecular weight excluding hydrogens is 391 g/mol. The van der Waals surface area contributed by atoms with Crippen molar-refractivity contribution in [3.05, 3.63) is 64.7 Å². The van der Waals surface area contributed by atoms with Crippen molar-refractivity contribution in [2.24, 2.45) is 0 Å². The van der Waals surface area contributed by atoms with Crippen molar-refractivity contribution in [1.29, 1.82) is 0 Å². The first-order chi connectivity index (χ1) is 14.0. The van der Waals surface area contributed by atoms with E-state index in [1.165, 1.54) is 6.07 Å². The van der Waals surface area contributed by atoms with Crippen LogP contribution in [0.1, 0.15) is 18.4 Å². The summed E-state index contributed by atoms with van der Waals surface area (Å²) in [5.74, 6) is 0.452. The summed E-state index contributed by atoms with van der Waals surface area (Å²) < 4.78 is 21.1. The highest BCUT2D eigenvalue weighted by molar-refractivity contribution is 7.71. The zero-order valence-corrected chi connectivity index (χ0v) is 17.0. The van der Waals surface area contributed by atoms with Crippen LogP contribution in [0.5, 0.6) is 5.75 Å². The Hall–Kier alpha value is -3.00. The Kier molecular flexibility index (Phi) is 7.13. The second kappa shape index (κ2) is 9.97. The van der Waals surface area contributed by atoms with Gasteiger partial charge < -0.3 is 10.1 Å². The summed E-state index contributed by atoms with van der Waals surface area (Å²) in [5, 5.41) is 9.93. The molecule has 6 nitrogen and oxygen atoms in total. The molecule has 0 unspecified atom stereocenters. The van der Waals surface area contributed by atoms with Crippen LogP contribution >= 0.6 is 12.2 Å². The number of para-hydroxylation sites is 1. The summed E-state index contributed by atoms with van der Waals surface area (Å²) in [6.07, 6.45) is 0.862. The second-order valence-electron chi connectivity index (χ2n) is 6.61. The van der Waals surface area contributed by atoms with Crippen LogP contribution < -0.4 is 10.1 Å². The fourth-order valence-corrected chi connectivity index (χ4v) is 3.10. The first-order valence-corrected chi connectivity index (χ1v) is 9.81. The Labute approximate surface area is 173 Å². The van der Waals surface area contributed by atoms with Crippen LogP contribution in [-0.2, 0) is 11.3 Å². The molecule has 1 heterocycles. The zero-order chi connectivity index (χ0) is 20.6. The highest BCUT2D eigenvalue weighted by Gasteiger charge is 2.11. The van der Waals surface area contributed by atoms with Gasteiger partial charge in [0.25, 0.3) is 0 Å². The van der Waals surface area contributed by atoms with Crippen molar-refractivity contribution in [1.82, 2.24) is 20.1 Å². The number of nitrogens with zero attached hydrogens (tertiary/aromatic N) is 2. The number of halogens is 1. The molecule has 1 amide bonds. The van der Waals surface area contributed by atoms with Gasteiger partial charge in [-0.1, -0.05) is 35.9 Å². The third-order valence-corrected chi connectivity index (χ3v) is 4.65. The molecule has 29 heavy (non-hydrogen) atoms. The number of carbonyl (C=O) groups excluding carboxylic acids is 1. The van der Waals surface area contributed by atoms with Crippen LogP contribution in [0.2, 0.25) is 0 Å². The smallest absolute Gasteiger partial charge is 0.221 e. The number of nitrogens with one attached hydrogen (secondary N) is 2. The Morgan fingerprint density at radius 1 is 1.28 bits per heavy atom. The average Bonchev–Trinajstić information content (AvgIpc) is 3.08. The molecule has 3 rings (SSSR count). The van der Waals surface area contributed by atoms with Gasteiger partial charge >= 0.3 is 0 Å². The van der Waals surface area contributed by atoms with Crippen molar-refractivity contribution in [3.63, 3.8) is 0 Å². The first kappa shape index (κ1) is 20.7. The molecule has 0 saturated heterocycles. The van der Waals surface area contributed by atoms with Crippen LogP contribution in [0.15, 0.2) is 48.5 Å². The minimum absolute atomic E-state index is 0.0887. The summed E-state index contributed by atoms with van der Waals surface area (Å²) in [6, 6.07) is 14.2. The maximum atomic E-state index is 13.5. The molecule has 0 aliphatic rings. The van der Waals surface area contributed by atoms with Gasteiger partial charge in [-0.25, -0.2) is 4.39 Å². The van der Waals surface area contributed by atoms with Gasteiger partial charge in [-0.2, -0.15) is 5.10 Å². The van der Waals surface area contributed by atoms with Crippen LogP contribution in [0, 0.1) is 17.5 Å². The Morgan fingerprint density at radius 2 is 2.10 bits per heavy atom. The van der Waals surface area contributed by atoms with Crippen LogP contribution in [0.25, 0.3) is 11.4 Å². The van der Waals surface area contributed by atoms with E-state index in [9.17, 15) is 9.18 Å². The largest absolute Gasteiger partial charge is 0.490 e. The lowest BCUT2D eigenvalue weighted by Crippen LogP contribution is -2.26. The lowest BCUT2D eigenvalue weighted by atomic mass is 10.1. The van der Waals surface area contributed by atoms with E-state index in [0.29, 0.717) is 36.7 Å². The van der Waals surface area contributed by atoms with E-state index in [2.05, 4.69) is 15.5 Å². The number of rotatable bonds is 9. The monoisotopic (exact) mass is 414 g/mol. The van der Waals surface area contributed by atoms with Gasteiger partial charge in [-0.3, -0.25) is 14.5 Å². The first-order valence-electron chi connectivity index (χ1n) is 9.41. The average molecular weight is 415 g/mol. The zero-order valence-electron chi connectivity index (χ0n) is 16.2. The van der Waals surface area contributed by atoms with Crippen molar-refractivity contribution >= 4 is 18.1 Å². The predicted molar refractivity (Wildman–Crippen MR) is 112 cm³/mol. The number of aromatic amines is 1. The lowest BCUT2D eigenvalue weighted by Gasteiger charge is -2.09. The maximum Gasteiger partial charge on any atom is 0.221 e. The molecule has 0 bridgehead atoms. The van der Waals surface area contributed by atoms with Crippen LogP contribution in [-0.4, -0.2) is 33.8 Å². The van der Waals surface area contributed by atoms with Gasteiger partial charge in [-0.15, -0.1) is 0 Å². The third-order valence-electron chi connectivity index (χ3n) is 4.33. The Balaban J connectivity index is 1.45. The predicted octanol–water partition coefficient (Wildman–Crippen LogP) is 4.03. The third kappa shape index (κ3) is 5.74. The molecule has 0 aliphatic heterocycles. The molecule has 0 radical (unpaired) electrons. The summed E-state index contributed by atoms with van der Waals surface area (Å²) in [7, 11) is 0. The summed E-state index contributed by atoms with van der Waals surface area (Å²) >= 11 is 5.30. The van der Waals surface area contributed by atoms with Gasteiger partial charge in [0, 0.05) is 25.1 Å². The molecule has 2 aromatic carbocycles. The highest BCUT2D eigenvalue weighted by Crippen LogP contribution is 2.19. The fraction of sp³-hybridized carbons (Fsp3) is 0.286. The van der Waals surface area contributed by atoms with E-state index < -0.39 is 5.82 Å².